The number of aromatic nitrogens is 1. The van der Waals surface area contributed by atoms with Crippen LogP contribution in [0.15, 0.2) is 41.1 Å². The summed E-state index contributed by atoms with van der Waals surface area (Å²) in [4.78, 5) is 15.9. The van der Waals surface area contributed by atoms with Crippen molar-refractivity contribution in [3.63, 3.8) is 0 Å². The molecule has 0 atom stereocenters. The average molecular weight is 316 g/mol. The maximum Gasteiger partial charge on any atom is 0.257 e. The summed E-state index contributed by atoms with van der Waals surface area (Å²) in [6, 6.07) is 9.05. The monoisotopic (exact) mass is 315 g/mol. The van der Waals surface area contributed by atoms with Crippen LogP contribution in [-0.2, 0) is 0 Å². The van der Waals surface area contributed by atoms with Crippen LogP contribution in [0.25, 0.3) is 0 Å². The predicted octanol–water partition coefficient (Wildman–Crippen LogP) is 3.28. The van der Waals surface area contributed by atoms with E-state index >= 15 is 0 Å². The number of hydrogen-bond donors (Lipinski definition) is 1. The van der Waals surface area contributed by atoms with Crippen molar-refractivity contribution in [2.24, 2.45) is 0 Å². The predicted molar refractivity (Wildman–Crippen MR) is 75.8 cm³/mol. The number of rotatable bonds is 2. The number of halogens is 1. The van der Waals surface area contributed by atoms with Gasteiger partial charge < -0.3 is 5.32 Å². The molecule has 0 unspecified atom stereocenters. The number of carbonyl (C=O) groups is 1. The lowest BCUT2D eigenvalue weighted by Gasteiger charge is -2.08. The Morgan fingerprint density at radius 3 is 2.84 bits per heavy atom. The highest BCUT2D eigenvalue weighted by atomic mass is 79.9. The fourth-order valence-corrected chi connectivity index (χ4v) is 2.06. The highest BCUT2D eigenvalue weighted by molar-refractivity contribution is 9.10. The van der Waals surface area contributed by atoms with Gasteiger partial charge in [0.05, 0.1) is 11.1 Å². The van der Waals surface area contributed by atoms with Gasteiger partial charge in [0.25, 0.3) is 5.91 Å². The molecule has 0 saturated carbocycles. The molecule has 0 aliphatic carbocycles. The molecule has 0 aliphatic rings. The number of aryl methyl sites for hydroxylation is 1. The van der Waals surface area contributed by atoms with Gasteiger partial charge in [0, 0.05) is 22.6 Å². The van der Waals surface area contributed by atoms with E-state index in [2.05, 4.69) is 26.2 Å². The van der Waals surface area contributed by atoms with Crippen LogP contribution < -0.4 is 5.32 Å². The lowest BCUT2D eigenvalue weighted by Crippen LogP contribution is -2.13. The Labute approximate surface area is 119 Å². The fourth-order valence-electron chi connectivity index (χ4n) is 1.59. The van der Waals surface area contributed by atoms with Crippen molar-refractivity contribution in [2.45, 2.75) is 6.92 Å². The minimum Gasteiger partial charge on any atom is -0.322 e. The molecule has 0 bridgehead atoms. The van der Waals surface area contributed by atoms with Gasteiger partial charge in [0.2, 0.25) is 0 Å². The summed E-state index contributed by atoms with van der Waals surface area (Å²) < 4.78 is 0.955. The second-order valence-corrected chi connectivity index (χ2v) is 4.90. The van der Waals surface area contributed by atoms with E-state index in [9.17, 15) is 4.79 Å². The second-order valence-electron chi connectivity index (χ2n) is 3.99. The van der Waals surface area contributed by atoms with Crippen molar-refractivity contribution in [3.05, 3.63) is 57.8 Å². The first kappa shape index (κ1) is 13.2. The van der Waals surface area contributed by atoms with E-state index in [1.54, 1.807) is 0 Å². The molecule has 2 rings (SSSR count). The maximum absolute atomic E-state index is 12.0. The summed E-state index contributed by atoms with van der Waals surface area (Å²) in [5.41, 5.74) is 2.41. The van der Waals surface area contributed by atoms with Crippen LogP contribution in [0.2, 0.25) is 0 Å². The first-order valence-corrected chi connectivity index (χ1v) is 6.32. The molecule has 19 heavy (non-hydrogen) atoms. The second kappa shape index (κ2) is 5.63. The lowest BCUT2D eigenvalue weighted by atomic mass is 10.1. The van der Waals surface area contributed by atoms with E-state index in [0.717, 1.165) is 15.7 Å². The van der Waals surface area contributed by atoms with Crippen LogP contribution in [-0.4, -0.2) is 10.9 Å². The Morgan fingerprint density at radius 1 is 1.37 bits per heavy atom. The van der Waals surface area contributed by atoms with Gasteiger partial charge in [0.15, 0.2) is 0 Å². The van der Waals surface area contributed by atoms with Crippen molar-refractivity contribution in [3.8, 4) is 6.07 Å². The topological polar surface area (TPSA) is 65.8 Å². The third-order valence-corrected chi connectivity index (χ3v) is 3.06. The van der Waals surface area contributed by atoms with Gasteiger partial charge in [-0.1, -0.05) is 15.9 Å². The van der Waals surface area contributed by atoms with Gasteiger partial charge in [-0.25, -0.2) is 0 Å². The Morgan fingerprint density at radius 2 is 2.16 bits per heavy atom. The van der Waals surface area contributed by atoms with Gasteiger partial charge in [-0.15, -0.1) is 0 Å². The minimum absolute atomic E-state index is 0.282. The number of nitrogens with zero attached hydrogens (tertiary/aromatic N) is 2. The van der Waals surface area contributed by atoms with Crippen LogP contribution in [0.4, 0.5) is 5.69 Å². The molecule has 0 spiro atoms. The summed E-state index contributed by atoms with van der Waals surface area (Å²) in [6.07, 6.45) is 2.85. The van der Waals surface area contributed by atoms with E-state index in [0.29, 0.717) is 11.1 Å². The van der Waals surface area contributed by atoms with Gasteiger partial charge in [-0.2, -0.15) is 5.26 Å². The first-order valence-electron chi connectivity index (χ1n) is 5.53. The SMILES string of the molecule is Cc1cc(Br)ccc1NC(=O)c1cncc(C#N)c1. The Balaban J connectivity index is 2.23. The van der Waals surface area contributed by atoms with Crippen LogP contribution in [0.1, 0.15) is 21.5 Å². The number of nitrogens with one attached hydrogen (secondary N) is 1. The van der Waals surface area contributed by atoms with E-state index in [-0.39, 0.29) is 5.91 Å². The largest absolute Gasteiger partial charge is 0.322 e. The molecular weight excluding hydrogens is 306 g/mol. The van der Waals surface area contributed by atoms with Crippen molar-refractivity contribution >= 4 is 27.5 Å². The Kier molecular flexibility index (Phi) is 3.93. The van der Waals surface area contributed by atoms with E-state index in [1.807, 2.05) is 31.2 Å². The van der Waals surface area contributed by atoms with E-state index in [4.69, 9.17) is 5.26 Å². The number of pyridine rings is 1. The smallest absolute Gasteiger partial charge is 0.257 e. The first-order chi connectivity index (χ1) is 9.10. The zero-order chi connectivity index (χ0) is 13.8. The number of nitriles is 1. The summed E-state index contributed by atoms with van der Waals surface area (Å²) >= 11 is 3.37. The molecule has 1 aromatic carbocycles. The zero-order valence-electron chi connectivity index (χ0n) is 10.1. The van der Waals surface area contributed by atoms with Crippen LogP contribution in [0.5, 0.6) is 0 Å². The Bertz CT molecular complexity index is 677. The van der Waals surface area contributed by atoms with Gasteiger partial charge >= 0.3 is 0 Å². The van der Waals surface area contributed by atoms with Gasteiger partial charge in [-0.05, 0) is 36.8 Å². The molecular formula is C14H10BrN3O. The van der Waals surface area contributed by atoms with Crippen molar-refractivity contribution in [2.75, 3.05) is 5.32 Å². The van der Waals surface area contributed by atoms with Gasteiger partial charge in [0.1, 0.15) is 6.07 Å². The highest BCUT2D eigenvalue weighted by Crippen LogP contribution is 2.20. The molecule has 0 aliphatic heterocycles. The molecule has 1 aromatic heterocycles. The fraction of sp³-hybridized carbons (Fsp3) is 0.0714. The summed E-state index contributed by atoms with van der Waals surface area (Å²) in [6.45, 7) is 1.91. The highest BCUT2D eigenvalue weighted by Gasteiger charge is 2.09. The number of amides is 1. The molecule has 5 heteroatoms. The average Bonchev–Trinajstić information content (AvgIpc) is 2.42. The number of hydrogen-bond acceptors (Lipinski definition) is 3. The molecule has 1 amide bonds. The molecule has 1 heterocycles. The summed E-state index contributed by atoms with van der Waals surface area (Å²) in [7, 11) is 0. The molecule has 0 fully saturated rings. The number of carbonyl (C=O) groups excluding carboxylic acids is 1. The van der Waals surface area contributed by atoms with Crippen molar-refractivity contribution in [1.29, 1.82) is 5.26 Å². The maximum atomic E-state index is 12.0. The quantitative estimate of drug-likeness (QED) is 0.924. The van der Waals surface area contributed by atoms with Crippen LogP contribution >= 0.6 is 15.9 Å². The third kappa shape index (κ3) is 3.18. The molecule has 4 nitrogen and oxygen atoms in total. The molecule has 0 radical (unpaired) electrons. The molecule has 1 N–H and O–H groups in total. The van der Waals surface area contributed by atoms with Crippen LogP contribution in [0.3, 0.4) is 0 Å². The molecule has 0 saturated heterocycles. The van der Waals surface area contributed by atoms with E-state index < -0.39 is 0 Å². The van der Waals surface area contributed by atoms with Crippen molar-refractivity contribution < 1.29 is 4.79 Å². The summed E-state index contributed by atoms with van der Waals surface area (Å²) in [5, 5.41) is 11.6. The standard InChI is InChI=1S/C14H10BrN3O/c1-9-4-12(15)2-3-13(9)18-14(19)11-5-10(6-16)7-17-8-11/h2-5,7-8H,1H3,(H,18,19). The van der Waals surface area contributed by atoms with Crippen molar-refractivity contribution in [1.82, 2.24) is 4.98 Å². The Hall–Kier alpha value is -2.19. The number of benzene rings is 1. The zero-order valence-corrected chi connectivity index (χ0v) is 11.7. The summed E-state index contributed by atoms with van der Waals surface area (Å²) in [5.74, 6) is -0.282. The number of anilines is 1. The lowest BCUT2D eigenvalue weighted by molar-refractivity contribution is 0.102. The molecule has 94 valence electrons. The molecule has 2 aromatic rings. The van der Waals surface area contributed by atoms with Gasteiger partial charge in [-0.3, -0.25) is 9.78 Å². The minimum atomic E-state index is -0.282. The van der Waals surface area contributed by atoms with Crippen LogP contribution in [0, 0.1) is 18.3 Å². The third-order valence-electron chi connectivity index (χ3n) is 2.57. The normalized spacial score (nSPS) is 9.74. The van der Waals surface area contributed by atoms with E-state index in [1.165, 1.54) is 18.5 Å².